The van der Waals surface area contributed by atoms with Crippen LogP contribution >= 0.6 is 11.3 Å². The van der Waals surface area contributed by atoms with Gasteiger partial charge in [0.15, 0.2) is 11.0 Å². The van der Waals surface area contributed by atoms with Crippen LogP contribution in [0.4, 0.5) is 5.13 Å². The van der Waals surface area contributed by atoms with Crippen LogP contribution in [-0.2, 0) is 6.54 Å². The lowest BCUT2D eigenvalue weighted by Gasteiger charge is -2.30. The van der Waals surface area contributed by atoms with Crippen LogP contribution in [-0.4, -0.2) is 38.2 Å². The summed E-state index contributed by atoms with van der Waals surface area (Å²) in [6.07, 6.45) is 4.23. The molecule has 1 atom stereocenters. The molecule has 0 radical (unpaired) electrons. The lowest BCUT2D eigenvalue weighted by atomic mass is 9.97. The highest BCUT2D eigenvalue weighted by molar-refractivity contribution is 7.15. The van der Waals surface area contributed by atoms with Gasteiger partial charge in [0.25, 0.3) is 0 Å². The van der Waals surface area contributed by atoms with E-state index in [2.05, 4.69) is 25.1 Å². The van der Waals surface area contributed by atoms with Gasteiger partial charge >= 0.3 is 0 Å². The number of hydrogen-bond acceptors (Lipinski definition) is 6. The highest BCUT2D eigenvalue weighted by Crippen LogP contribution is 2.26. The molecule has 7 heteroatoms. The number of rotatable bonds is 3. The molecule has 0 bridgehead atoms. The highest BCUT2D eigenvalue weighted by atomic mass is 32.1. The largest absolute Gasteiger partial charge is 0.375 e. The van der Waals surface area contributed by atoms with Gasteiger partial charge < -0.3 is 5.73 Å². The highest BCUT2D eigenvalue weighted by Gasteiger charge is 2.24. The van der Waals surface area contributed by atoms with E-state index < -0.39 is 0 Å². The van der Waals surface area contributed by atoms with E-state index in [1.807, 2.05) is 13.1 Å². The number of aromatic amines is 1. The standard InChI is InChI=1S/C12H18N6S/c1-8-15-11(17-16-8)9-3-2-4-18(6-9)7-10-5-14-12(13)19-10/h5,9H,2-4,6-7H2,1H3,(H2,13,14)(H,15,16,17). The first-order valence-electron chi connectivity index (χ1n) is 6.52. The van der Waals surface area contributed by atoms with Crippen LogP contribution in [0.1, 0.15) is 35.3 Å². The van der Waals surface area contributed by atoms with Crippen LogP contribution < -0.4 is 5.73 Å². The Kier molecular flexibility index (Phi) is 3.48. The summed E-state index contributed by atoms with van der Waals surface area (Å²) < 4.78 is 0. The lowest BCUT2D eigenvalue weighted by molar-refractivity contribution is 0.198. The lowest BCUT2D eigenvalue weighted by Crippen LogP contribution is -2.34. The second-order valence-electron chi connectivity index (χ2n) is 5.02. The summed E-state index contributed by atoms with van der Waals surface area (Å²) in [5.74, 6) is 2.28. The van der Waals surface area contributed by atoms with E-state index in [1.165, 1.54) is 17.7 Å². The summed E-state index contributed by atoms with van der Waals surface area (Å²) in [7, 11) is 0. The number of nitrogens with zero attached hydrogens (tertiary/aromatic N) is 4. The average Bonchev–Trinajstić information content (AvgIpc) is 2.99. The summed E-state index contributed by atoms with van der Waals surface area (Å²) in [6, 6.07) is 0. The Balaban J connectivity index is 1.64. The molecule has 0 amide bonds. The zero-order valence-electron chi connectivity index (χ0n) is 11.0. The van der Waals surface area contributed by atoms with Crippen molar-refractivity contribution >= 4 is 16.5 Å². The fourth-order valence-corrected chi connectivity index (χ4v) is 3.30. The molecule has 3 heterocycles. The van der Waals surface area contributed by atoms with Crippen LogP contribution in [0.3, 0.4) is 0 Å². The van der Waals surface area contributed by atoms with Crippen LogP contribution in [0.2, 0.25) is 0 Å². The maximum Gasteiger partial charge on any atom is 0.180 e. The van der Waals surface area contributed by atoms with Crippen molar-refractivity contribution in [1.29, 1.82) is 0 Å². The predicted molar refractivity (Wildman–Crippen MR) is 74.9 cm³/mol. The number of thiazole rings is 1. The van der Waals surface area contributed by atoms with E-state index >= 15 is 0 Å². The van der Waals surface area contributed by atoms with E-state index in [1.54, 1.807) is 11.3 Å². The molecule has 0 spiro atoms. The number of piperidine rings is 1. The molecule has 1 fully saturated rings. The van der Waals surface area contributed by atoms with Crippen molar-refractivity contribution in [2.45, 2.75) is 32.2 Å². The minimum atomic E-state index is 0.434. The minimum absolute atomic E-state index is 0.434. The molecule has 2 aromatic heterocycles. The Morgan fingerprint density at radius 2 is 2.47 bits per heavy atom. The van der Waals surface area contributed by atoms with Crippen LogP contribution in [0, 0.1) is 6.92 Å². The van der Waals surface area contributed by atoms with Gasteiger partial charge in [0.05, 0.1) is 0 Å². The van der Waals surface area contributed by atoms with Gasteiger partial charge in [-0.3, -0.25) is 10.00 Å². The van der Waals surface area contributed by atoms with Crippen molar-refractivity contribution in [3.05, 3.63) is 22.7 Å². The van der Waals surface area contributed by atoms with Crippen molar-refractivity contribution in [3.63, 3.8) is 0 Å². The van der Waals surface area contributed by atoms with E-state index in [0.29, 0.717) is 11.0 Å². The number of aromatic nitrogens is 4. The molecule has 3 N–H and O–H groups in total. The quantitative estimate of drug-likeness (QED) is 0.889. The van der Waals surface area contributed by atoms with Crippen molar-refractivity contribution in [2.24, 2.45) is 0 Å². The maximum absolute atomic E-state index is 5.67. The summed E-state index contributed by atoms with van der Waals surface area (Å²) in [4.78, 5) is 12.2. The molecule has 0 saturated carbocycles. The fraction of sp³-hybridized carbons (Fsp3) is 0.583. The molecule has 1 aliphatic heterocycles. The Bertz CT molecular complexity index is 548. The smallest absolute Gasteiger partial charge is 0.180 e. The Labute approximate surface area is 116 Å². The zero-order valence-corrected chi connectivity index (χ0v) is 11.8. The molecule has 6 nitrogen and oxygen atoms in total. The van der Waals surface area contributed by atoms with E-state index in [0.717, 1.165) is 31.3 Å². The number of aryl methyl sites for hydroxylation is 1. The van der Waals surface area contributed by atoms with E-state index in [-0.39, 0.29) is 0 Å². The van der Waals surface area contributed by atoms with Crippen LogP contribution in [0.25, 0.3) is 0 Å². The number of nitrogens with one attached hydrogen (secondary N) is 1. The van der Waals surface area contributed by atoms with Crippen molar-refractivity contribution in [2.75, 3.05) is 18.8 Å². The number of nitrogens with two attached hydrogens (primary N) is 1. The summed E-state index contributed by atoms with van der Waals surface area (Å²) >= 11 is 1.57. The molecular weight excluding hydrogens is 260 g/mol. The second-order valence-corrected chi connectivity index (χ2v) is 6.16. The van der Waals surface area contributed by atoms with E-state index in [9.17, 15) is 0 Å². The van der Waals surface area contributed by atoms with Gasteiger partial charge in [0, 0.05) is 30.1 Å². The van der Waals surface area contributed by atoms with Gasteiger partial charge in [-0.15, -0.1) is 11.3 Å². The van der Waals surface area contributed by atoms with E-state index in [4.69, 9.17) is 5.73 Å². The topological polar surface area (TPSA) is 83.7 Å². The molecule has 102 valence electrons. The third kappa shape index (κ3) is 2.93. The molecule has 1 aliphatic rings. The molecule has 0 aromatic carbocycles. The number of anilines is 1. The molecule has 1 unspecified atom stereocenters. The van der Waals surface area contributed by atoms with Gasteiger partial charge in [0.1, 0.15) is 5.82 Å². The van der Waals surface area contributed by atoms with Gasteiger partial charge in [-0.1, -0.05) is 0 Å². The third-order valence-corrected chi connectivity index (χ3v) is 4.25. The van der Waals surface area contributed by atoms with Crippen molar-refractivity contribution in [3.8, 4) is 0 Å². The normalized spacial score (nSPS) is 20.8. The number of likely N-dealkylation sites (tertiary alicyclic amines) is 1. The Morgan fingerprint density at radius 1 is 1.58 bits per heavy atom. The molecular formula is C12H18N6S. The zero-order chi connectivity index (χ0) is 13.2. The van der Waals surface area contributed by atoms with Crippen LogP contribution in [0.15, 0.2) is 6.20 Å². The number of H-pyrrole nitrogens is 1. The summed E-state index contributed by atoms with van der Waals surface area (Å²) in [5, 5.41) is 7.87. The first-order valence-corrected chi connectivity index (χ1v) is 7.34. The SMILES string of the molecule is Cc1nc(C2CCCN(Cc3cnc(N)s3)C2)n[nH]1. The minimum Gasteiger partial charge on any atom is -0.375 e. The van der Waals surface area contributed by atoms with Crippen molar-refractivity contribution in [1.82, 2.24) is 25.1 Å². The summed E-state index contributed by atoms with van der Waals surface area (Å²) in [5.41, 5.74) is 5.67. The number of hydrogen-bond donors (Lipinski definition) is 2. The van der Waals surface area contributed by atoms with Gasteiger partial charge in [-0.25, -0.2) is 9.97 Å². The molecule has 19 heavy (non-hydrogen) atoms. The molecule has 0 aliphatic carbocycles. The van der Waals surface area contributed by atoms with Gasteiger partial charge in [-0.2, -0.15) is 5.10 Å². The fourth-order valence-electron chi connectivity index (χ4n) is 2.57. The third-order valence-electron chi connectivity index (χ3n) is 3.44. The summed E-state index contributed by atoms with van der Waals surface area (Å²) in [6.45, 7) is 5.00. The second kappa shape index (κ2) is 5.26. The van der Waals surface area contributed by atoms with Crippen molar-refractivity contribution < 1.29 is 0 Å². The maximum atomic E-state index is 5.67. The Hall–Kier alpha value is -1.47. The number of nitrogen functional groups attached to an aromatic ring is 1. The van der Waals surface area contributed by atoms with Crippen LogP contribution in [0.5, 0.6) is 0 Å². The Morgan fingerprint density at radius 3 is 3.16 bits per heavy atom. The molecule has 3 rings (SSSR count). The predicted octanol–water partition coefficient (Wildman–Crippen LogP) is 1.53. The molecule has 2 aromatic rings. The molecule has 1 saturated heterocycles. The first kappa shape index (κ1) is 12.6. The monoisotopic (exact) mass is 278 g/mol. The first-order chi connectivity index (χ1) is 9.20. The van der Waals surface area contributed by atoms with Gasteiger partial charge in [-0.05, 0) is 26.3 Å². The van der Waals surface area contributed by atoms with Gasteiger partial charge in [0.2, 0.25) is 0 Å². The average molecular weight is 278 g/mol.